The van der Waals surface area contributed by atoms with E-state index in [1.165, 1.54) is 11.8 Å². The Morgan fingerprint density at radius 2 is 1.97 bits per heavy atom. The van der Waals surface area contributed by atoms with Crippen molar-refractivity contribution in [1.82, 2.24) is 25.5 Å². The minimum absolute atomic E-state index is 0.300. The summed E-state index contributed by atoms with van der Waals surface area (Å²) in [5, 5.41) is 14.7. The van der Waals surface area contributed by atoms with Gasteiger partial charge < -0.3 is 15.5 Å². The van der Waals surface area contributed by atoms with Crippen molar-refractivity contribution in [3.63, 3.8) is 0 Å². The second kappa shape index (κ2) is 9.93. The number of hydrogen-bond acceptors (Lipinski definition) is 8. The third kappa shape index (κ3) is 5.91. The molecule has 1 aliphatic heterocycles. The first kappa shape index (κ1) is 21.9. The van der Waals surface area contributed by atoms with Gasteiger partial charge in [-0.15, -0.1) is 0 Å². The molecular formula is C24H29N7OS. The molecule has 8 nitrogen and oxygen atoms in total. The molecular weight excluding hydrogens is 434 g/mol. The first-order chi connectivity index (χ1) is 16.1. The van der Waals surface area contributed by atoms with Gasteiger partial charge in [-0.3, -0.25) is 9.89 Å². The average Bonchev–Trinajstić information content (AvgIpc) is 3.62. The van der Waals surface area contributed by atoms with Crippen LogP contribution in [0.15, 0.2) is 46.5 Å². The number of aromatic amines is 1. The molecule has 2 aromatic heterocycles. The van der Waals surface area contributed by atoms with E-state index in [0.29, 0.717) is 23.3 Å². The summed E-state index contributed by atoms with van der Waals surface area (Å²) >= 11 is 1.53. The number of H-pyrrole nitrogens is 1. The second-order valence-corrected chi connectivity index (χ2v) is 9.75. The number of aromatic nitrogens is 4. The molecule has 0 atom stereocenters. The molecule has 2 fully saturated rings. The lowest BCUT2D eigenvalue weighted by Crippen LogP contribution is -2.28. The lowest BCUT2D eigenvalue weighted by Gasteiger charge is -2.22. The molecule has 1 saturated heterocycles. The number of anilines is 3. The van der Waals surface area contributed by atoms with E-state index >= 15 is 0 Å². The highest BCUT2D eigenvalue weighted by Crippen LogP contribution is 2.32. The van der Waals surface area contributed by atoms with Gasteiger partial charge in [0, 0.05) is 54.7 Å². The van der Waals surface area contributed by atoms with E-state index in [2.05, 4.69) is 37.9 Å². The van der Waals surface area contributed by atoms with Crippen molar-refractivity contribution in [2.45, 2.75) is 42.7 Å². The van der Waals surface area contributed by atoms with E-state index in [4.69, 9.17) is 9.97 Å². The van der Waals surface area contributed by atoms with Crippen LogP contribution in [-0.4, -0.2) is 52.1 Å². The molecule has 0 amide bonds. The molecule has 3 N–H and O–H groups in total. The van der Waals surface area contributed by atoms with E-state index < -0.39 is 0 Å². The van der Waals surface area contributed by atoms with Crippen molar-refractivity contribution in [2.24, 2.45) is 5.92 Å². The van der Waals surface area contributed by atoms with Crippen molar-refractivity contribution in [3.8, 4) is 0 Å². The lowest BCUT2D eigenvalue weighted by molar-refractivity contribution is -0.119. The van der Waals surface area contributed by atoms with Gasteiger partial charge in [0.05, 0.1) is 0 Å². The van der Waals surface area contributed by atoms with Gasteiger partial charge in [0.25, 0.3) is 0 Å². The van der Waals surface area contributed by atoms with Gasteiger partial charge in [0.1, 0.15) is 17.4 Å². The van der Waals surface area contributed by atoms with Gasteiger partial charge in [0.2, 0.25) is 0 Å². The molecule has 0 radical (unpaired) electrons. The maximum atomic E-state index is 12.1. The van der Waals surface area contributed by atoms with Crippen LogP contribution < -0.4 is 15.5 Å². The van der Waals surface area contributed by atoms with Crippen LogP contribution in [0.25, 0.3) is 0 Å². The summed E-state index contributed by atoms with van der Waals surface area (Å²) in [6.45, 7) is 5.80. The quantitative estimate of drug-likeness (QED) is 0.435. The number of benzene rings is 1. The highest BCUT2D eigenvalue weighted by Gasteiger charge is 2.29. The van der Waals surface area contributed by atoms with Crippen LogP contribution in [0.5, 0.6) is 0 Å². The monoisotopic (exact) mass is 463 g/mol. The van der Waals surface area contributed by atoms with Gasteiger partial charge >= 0.3 is 0 Å². The molecule has 0 spiro atoms. The van der Waals surface area contributed by atoms with Crippen LogP contribution in [0.3, 0.4) is 0 Å². The van der Waals surface area contributed by atoms with Crippen LogP contribution in [0.1, 0.15) is 30.5 Å². The largest absolute Gasteiger partial charge is 0.355 e. The summed E-state index contributed by atoms with van der Waals surface area (Å²) in [4.78, 5) is 25.1. The van der Waals surface area contributed by atoms with E-state index in [9.17, 15) is 4.79 Å². The molecule has 1 saturated carbocycles. The van der Waals surface area contributed by atoms with E-state index in [1.807, 2.05) is 31.2 Å². The Morgan fingerprint density at radius 1 is 1.12 bits per heavy atom. The second-order valence-electron chi connectivity index (χ2n) is 8.71. The molecule has 2 aliphatic rings. The summed E-state index contributed by atoms with van der Waals surface area (Å²) in [6, 6.07) is 12.1. The molecule has 3 heterocycles. The standard InChI is InChI=1S/C24H29N7OS/c1-16-13-22(30-29-16)26-21-15-23(31-11-2-9-25-10-12-31)28-24(27-21)33-19-7-3-17(4-8-19)14-20(32)18-5-6-18/h3-4,7-8,13,15,18,25H,2,5-6,9-12,14H2,1H3,(H2,26,27,28,29,30). The summed E-state index contributed by atoms with van der Waals surface area (Å²) < 4.78 is 0. The molecule has 9 heteroatoms. The first-order valence-corrected chi connectivity index (χ1v) is 12.4. The molecule has 0 unspecified atom stereocenters. The van der Waals surface area contributed by atoms with Crippen LogP contribution in [0.2, 0.25) is 0 Å². The first-order valence-electron chi connectivity index (χ1n) is 11.6. The number of Topliss-reactive ketones (excluding diaryl/α,β-unsaturated/α-hetero) is 1. The molecule has 1 aromatic carbocycles. The van der Waals surface area contributed by atoms with Crippen LogP contribution >= 0.6 is 11.8 Å². The van der Waals surface area contributed by atoms with Crippen LogP contribution in [0, 0.1) is 12.8 Å². The Kier molecular flexibility index (Phi) is 6.59. The Morgan fingerprint density at radius 3 is 2.73 bits per heavy atom. The fraction of sp³-hybridized carbons (Fsp3) is 0.417. The minimum Gasteiger partial charge on any atom is -0.355 e. The molecule has 3 aromatic rings. The summed E-state index contributed by atoms with van der Waals surface area (Å²) in [7, 11) is 0. The Balaban J connectivity index is 1.35. The topological polar surface area (TPSA) is 98.8 Å². The van der Waals surface area contributed by atoms with E-state index in [1.54, 1.807) is 0 Å². The zero-order valence-electron chi connectivity index (χ0n) is 18.8. The highest BCUT2D eigenvalue weighted by atomic mass is 32.2. The van der Waals surface area contributed by atoms with Crippen molar-refractivity contribution < 1.29 is 4.79 Å². The van der Waals surface area contributed by atoms with Gasteiger partial charge in [-0.25, -0.2) is 9.97 Å². The van der Waals surface area contributed by atoms with Crippen LogP contribution in [-0.2, 0) is 11.2 Å². The van der Waals surface area contributed by atoms with Crippen molar-refractivity contribution >= 4 is 35.0 Å². The summed E-state index contributed by atoms with van der Waals surface area (Å²) in [5.74, 6) is 3.03. The third-order valence-electron chi connectivity index (χ3n) is 5.86. The fourth-order valence-corrected chi connectivity index (χ4v) is 4.67. The predicted molar refractivity (Wildman–Crippen MR) is 130 cm³/mol. The van der Waals surface area contributed by atoms with Gasteiger partial charge in [-0.05, 0) is 62.2 Å². The average molecular weight is 464 g/mol. The number of ketones is 1. The molecule has 5 rings (SSSR count). The molecule has 172 valence electrons. The molecule has 1 aliphatic carbocycles. The number of hydrogen-bond donors (Lipinski definition) is 3. The number of carbonyl (C=O) groups is 1. The zero-order valence-corrected chi connectivity index (χ0v) is 19.6. The normalized spacial score (nSPS) is 16.5. The number of nitrogens with zero attached hydrogens (tertiary/aromatic N) is 4. The molecule has 33 heavy (non-hydrogen) atoms. The Labute approximate surface area is 198 Å². The van der Waals surface area contributed by atoms with Gasteiger partial charge in [0.15, 0.2) is 11.0 Å². The molecule has 0 bridgehead atoms. The number of carbonyl (C=O) groups excluding carboxylic acids is 1. The summed E-state index contributed by atoms with van der Waals surface area (Å²) in [5.41, 5.74) is 2.06. The highest BCUT2D eigenvalue weighted by molar-refractivity contribution is 7.99. The predicted octanol–water partition coefficient (Wildman–Crippen LogP) is 3.72. The number of rotatable bonds is 8. The van der Waals surface area contributed by atoms with Crippen molar-refractivity contribution in [1.29, 1.82) is 0 Å². The summed E-state index contributed by atoms with van der Waals surface area (Å²) in [6.07, 6.45) is 3.72. The fourth-order valence-electron chi connectivity index (χ4n) is 3.90. The maximum absolute atomic E-state index is 12.1. The van der Waals surface area contributed by atoms with Gasteiger partial charge in [-0.1, -0.05) is 12.1 Å². The SMILES string of the molecule is Cc1cc(Nc2cc(N3CCCNCC3)nc(Sc3ccc(CC(=O)C4CC4)cc3)n2)n[nH]1. The maximum Gasteiger partial charge on any atom is 0.196 e. The lowest BCUT2D eigenvalue weighted by atomic mass is 10.1. The smallest absolute Gasteiger partial charge is 0.196 e. The Hall–Kier alpha value is -2.91. The number of aryl methyl sites for hydroxylation is 1. The van der Waals surface area contributed by atoms with E-state index in [0.717, 1.165) is 79.0 Å². The Bertz CT molecular complexity index is 1100. The van der Waals surface area contributed by atoms with Crippen molar-refractivity contribution in [3.05, 3.63) is 47.7 Å². The van der Waals surface area contributed by atoms with Crippen molar-refractivity contribution in [2.75, 3.05) is 36.4 Å². The zero-order chi connectivity index (χ0) is 22.6. The minimum atomic E-state index is 0.300. The van der Waals surface area contributed by atoms with E-state index in [-0.39, 0.29) is 0 Å². The number of nitrogens with one attached hydrogen (secondary N) is 3. The van der Waals surface area contributed by atoms with Crippen LogP contribution in [0.4, 0.5) is 17.5 Å². The third-order valence-corrected chi connectivity index (χ3v) is 6.73. The van der Waals surface area contributed by atoms with Gasteiger partial charge in [-0.2, -0.15) is 5.10 Å².